The minimum Gasteiger partial charge on any atom is -0.451 e. The lowest BCUT2D eigenvalue weighted by atomic mass is 10.3. The highest BCUT2D eigenvalue weighted by atomic mass is 35.5. The number of ether oxygens (including phenoxy) is 1. The standard InChI is InChI=1S/C17H13ClN4O3S/c1-9-13-7-14(17(23)24-8-15-20-19-10(2)25-15)26-16(13)22(21-9)12-5-3-4-11(18)6-12/h3-7H,8H2,1-2H3. The van der Waals surface area contributed by atoms with Crippen LogP contribution in [-0.2, 0) is 11.3 Å². The molecule has 4 aromatic rings. The SMILES string of the molecule is Cc1nnc(COC(=O)c2cc3c(C)nn(-c4cccc(Cl)c4)c3s2)o1. The molecule has 0 fully saturated rings. The van der Waals surface area contributed by atoms with Gasteiger partial charge < -0.3 is 9.15 Å². The van der Waals surface area contributed by atoms with E-state index >= 15 is 0 Å². The van der Waals surface area contributed by atoms with Gasteiger partial charge in [0.25, 0.3) is 5.89 Å². The summed E-state index contributed by atoms with van der Waals surface area (Å²) in [5.41, 5.74) is 1.65. The van der Waals surface area contributed by atoms with Gasteiger partial charge in [0.2, 0.25) is 5.89 Å². The molecule has 0 atom stereocenters. The van der Waals surface area contributed by atoms with Crippen LogP contribution in [-0.4, -0.2) is 25.9 Å². The van der Waals surface area contributed by atoms with Crippen molar-refractivity contribution < 1.29 is 13.9 Å². The molecule has 1 aromatic carbocycles. The third kappa shape index (κ3) is 3.09. The number of fused-ring (bicyclic) bond motifs is 1. The Morgan fingerprint density at radius 1 is 1.31 bits per heavy atom. The number of thiophene rings is 1. The summed E-state index contributed by atoms with van der Waals surface area (Å²) in [7, 11) is 0. The van der Waals surface area contributed by atoms with Crippen molar-refractivity contribution in [1.82, 2.24) is 20.0 Å². The van der Waals surface area contributed by atoms with Crippen LogP contribution >= 0.6 is 22.9 Å². The van der Waals surface area contributed by atoms with Crippen LogP contribution in [0.3, 0.4) is 0 Å². The molecule has 132 valence electrons. The van der Waals surface area contributed by atoms with Crippen LogP contribution in [0, 0.1) is 13.8 Å². The first-order valence-corrected chi connectivity index (χ1v) is 8.92. The van der Waals surface area contributed by atoms with Crippen LogP contribution in [0.4, 0.5) is 0 Å². The van der Waals surface area contributed by atoms with Crippen LogP contribution in [0.15, 0.2) is 34.7 Å². The Bertz CT molecular complexity index is 1110. The molecule has 7 nitrogen and oxygen atoms in total. The van der Waals surface area contributed by atoms with Gasteiger partial charge >= 0.3 is 5.97 Å². The Morgan fingerprint density at radius 3 is 2.88 bits per heavy atom. The van der Waals surface area contributed by atoms with Gasteiger partial charge in [-0.15, -0.1) is 21.5 Å². The largest absolute Gasteiger partial charge is 0.451 e. The Balaban J connectivity index is 1.63. The normalized spacial score (nSPS) is 11.2. The number of halogens is 1. The fourth-order valence-corrected chi connectivity index (χ4v) is 3.79. The van der Waals surface area contributed by atoms with Gasteiger partial charge in [0.1, 0.15) is 9.71 Å². The lowest BCUT2D eigenvalue weighted by Crippen LogP contribution is -2.03. The molecule has 0 saturated heterocycles. The average Bonchev–Trinajstić information content (AvgIpc) is 3.30. The van der Waals surface area contributed by atoms with Gasteiger partial charge in [-0.25, -0.2) is 9.48 Å². The number of carbonyl (C=O) groups excluding carboxylic acids is 1. The van der Waals surface area contributed by atoms with E-state index in [-0.39, 0.29) is 12.5 Å². The number of esters is 1. The quantitative estimate of drug-likeness (QED) is 0.489. The van der Waals surface area contributed by atoms with Crippen molar-refractivity contribution >= 4 is 39.1 Å². The number of carbonyl (C=O) groups is 1. The van der Waals surface area contributed by atoms with E-state index in [9.17, 15) is 4.79 Å². The molecule has 3 aromatic heterocycles. The van der Waals surface area contributed by atoms with Crippen molar-refractivity contribution in [2.45, 2.75) is 20.5 Å². The summed E-state index contributed by atoms with van der Waals surface area (Å²) in [6.07, 6.45) is 0. The van der Waals surface area contributed by atoms with Crippen LogP contribution in [0.25, 0.3) is 15.9 Å². The molecule has 26 heavy (non-hydrogen) atoms. The molecule has 0 radical (unpaired) electrons. The Morgan fingerprint density at radius 2 is 2.15 bits per heavy atom. The number of rotatable bonds is 4. The minimum absolute atomic E-state index is 0.0622. The maximum Gasteiger partial charge on any atom is 0.348 e. The molecular weight excluding hydrogens is 376 g/mol. The third-order valence-electron chi connectivity index (χ3n) is 3.69. The summed E-state index contributed by atoms with van der Waals surface area (Å²) in [5.74, 6) is 0.243. The third-order valence-corrected chi connectivity index (χ3v) is 5.02. The molecule has 0 bridgehead atoms. The van der Waals surface area contributed by atoms with E-state index in [4.69, 9.17) is 20.8 Å². The monoisotopic (exact) mass is 388 g/mol. The Hall–Kier alpha value is -2.71. The van der Waals surface area contributed by atoms with Gasteiger partial charge in [0, 0.05) is 17.3 Å². The summed E-state index contributed by atoms with van der Waals surface area (Å²) >= 11 is 7.39. The number of hydrogen-bond donors (Lipinski definition) is 0. The summed E-state index contributed by atoms with van der Waals surface area (Å²) in [6.45, 7) is 3.51. The molecule has 0 N–H and O–H groups in total. The smallest absolute Gasteiger partial charge is 0.348 e. The number of aromatic nitrogens is 4. The first kappa shape index (κ1) is 16.7. The molecule has 4 rings (SSSR count). The van der Waals surface area contributed by atoms with Crippen LogP contribution in [0.1, 0.15) is 27.1 Å². The molecule has 0 amide bonds. The zero-order valence-corrected chi connectivity index (χ0v) is 15.5. The predicted molar refractivity (Wildman–Crippen MR) is 96.8 cm³/mol. The van der Waals surface area contributed by atoms with E-state index in [1.807, 2.05) is 25.1 Å². The van der Waals surface area contributed by atoms with Gasteiger partial charge in [-0.3, -0.25) is 0 Å². The molecule has 0 aliphatic rings. The summed E-state index contributed by atoms with van der Waals surface area (Å²) in [5, 5.41) is 13.6. The van der Waals surface area contributed by atoms with Crippen molar-refractivity contribution in [3.8, 4) is 5.69 Å². The lowest BCUT2D eigenvalue weighted by molar-refractivity contribution is 0.0442. The lowest BCUT2D eigenvalue weighted by Gasteiger charge is -2.02. The molecular formula is C17H13ClN4O3S. The predicted octanol–water partition coefficient (Wildman–Crippen LogP) is 4.10. The van der Waals surface area contributed by atoms with Gasteiger partial charge in [0.15, 0.2) is 6.61 Å². The first-order valence-electron chi connectivity index (χ1n) is 7.72. The van der Waals surface area contributed by atoms with Gasteiger partial charge in [0.05, 0.1) is 11.4 Å². The Kier molecular flexibility index (Phi) is 4.21. The van der Waals surface area contributed by atoms with Gasteiger partial charge in [-0.2, -0.15) is 5.10 Å². The molecule has 0 spiro atoms. The topological polar surface area (TPSA) is 83.0 Å². The van der Waals surface area contributed by atoms with Gasteiger partial charge in [-0.1, -0.05) is 17.7 Å². The van der Waals surface area contributed by atoms with Crippen molar-refractivity contribution in [2.24, 2.45) is 0 Å². The fourth-order valence-electron chi connectivity index (χ4n) is 2.52. The second-order valence-electron chi connectivity index (χ2n) is 5.60. The van der Waals surface area contributed by atoms with E-state index in [0.29, 0.717) is 15.8 Å². The van der Waals surface area contributed by atoms with Gasteiger partial charge in [-0.05, 0) is 31.2 Å². The maximum absolute atomic E-state index is 12.4. The van der Waals surface area contributed by atoms with E-state index in [1.165, 1.54) is 11.3 Å². The molecule has 0 aliphatic heterocycles. The van der Waals surface area contributed by atoms with Crippen molar-refractivity contribution in [2.75, 3.05) is 0 Å². The molecule has 0 aliphatic carbocycles. The highest BCUT2D eigenvalue weighted by Crippen LogP contribution is 2.31. The summed E-state index contributed by atoms with van der Waals surface area (Å²) < 4.78 is 12.2. The number of benzene rings is 1. The molecule has 0 saturated carbocycles. The molecule has 9 heteroatoms. The summed E-state index contributed by atoms with van der Waals surface area (Å²) in [4.78, 5) is 13.7. The Labute approximate surface area is 157 Å². The van der Waals surface area contributed by atoms with Crippen LogP contribution < -0.4 is 0 Å². The van der Waals surface area contributed by atoms with Crippen LogP contribution in [0.2, 0.25) is 5.02 Å². The zero-order chi connectivity index (χ0) is 18.3. The summed E-state index contributed by atoms with van der Waals surface area (Å²) in [6, 6.07) is 9.17. The van der Waals surface area contributed by atoms with E-state index in [1.54, 1.807) is 23.7 Å². The number of nitrogens with zero attached hydrogens (tertiary/aromatic N) is 4. The van der Waals surface area contributed by atoms with Crippen molar-refractivity contribution in [1.29, 1.82) is 0 Å². The maximum atomic E-state index is 12.4. The number of aryl methyl sites for hydroxylation is 2. The fraction of sp³-hybridized carbons (Fsp3) is 0.176. The molecule has 3 heterocycles. The zero-order valence-electron chi connectivity index (χ0n) is 13.9. The molecule has 0 unspecified atom stereocenters. The minimum atomic E-state index is -0.445. The van der Waals surface area contributed by atoms with E-state index < -0.39 is 5.97 Å². The van der Waals surface area contributed by atoms with Crippen molar-refractivity contribution in [3.63, 3.8) is 0 Å². The second-order valence-corrected chi connectivity index (χ2v) is 7.06. The van der Waals surface area contributed by atoms with E-state index in [0.717, 1.165) is 21.6 Å². The van der Waals surface area contributed by atoms with E-state index in [2.05, 4.69) is 15.3 Å². The highest BCUT2D eigenvalue weighted by molar-refractivity contribution is 7.20. The first-order chi connectivity index (χ1) is 12.5. The van der Waals surface area contributed by atoms with Crippen molar-refractivity contribution in [3.05, 3.63) is 57.7 Å². The van der Waals surface area contributed by atoms with Crippen LogP contribution in [0.5, 0.6) is 0 Å². The average molecular weight is 389 g/mol. The highest BCUT2D eigenvalue weighted by Gasteiger charge is 2.19. The number of hydrogen-bond acceptors (Lipinski definition) is 7. The second kappa shape index (κ2) is 6.54.